The number of rotatable bonds is 3. The summed E-state index contributed by atoms with van der Waals surface area (Å²) in [5.41, 5.74) is 5.08. The van der Waals surface area contributed by atoms with Gasteiger partial charge in [0.15, 0.2) is 0 Å². The number of oxazole rings is 1. The molecule has 142 valence electrons. The Balaban J connectivity index is 1.74. The van der Waals surface area contributed by atoms with Gasteiger partial charge in [-0.3, -0.25) is 4.31 Å². The molecule has 0 amide bonds. The van der Waals surface area contributed by atoms with Gasteiger partial charge in [-0.25, -0.2) is 14.2 Å². The fourth-order valence-electron chi connectivity index (χ4n) is 2.76. The fraction of sp³-hybridized carbons (Fsp3) is 0.267. The van der Waals surface area contributed by atoms with Gasteiger partial charge in [-0.2, -0.15) is 0 Å². The number of aromatic nitrogens is 3. The lowest BCUT2D eigenvalue weighted by molar-refractivity contribution is 0.516. The summed E-state index contributed by atoms with van der Waals surface area (Å²) in [6, 6.07) is 1.70. The molecule has 12 heteroatoms. The monoisotopic (exact) mass is 426 g/mol. The van der Waals surface area contributed by atoms with Gasteiger partial charge >= 0.3 is 5.89 Å². The van der Waals surface area contributed by atoms with Crippen molar-refractivity contribution in [2.75, 3.05) is 12.8 Å². The van der Waals surface area contributed by atoms with E-state index >= 15 is 0 Å². The first-order chi connectivity index (χ1) is 12.7. The second kappa shape index (κ2) is 6.08. The van der Waals surface area contributed by atoms with Crippen molar-refractivity contribution < 1.29 is 13.0 Å². The maximum Gasteiger partial charge on any atom is 0.304 e. The summed E-state index contributed by atoms with van der Waals surface area (Å²) in [5, 5.41) is 8.40. The molecule has 27 heavy (non-hydrogen) atoms. The zero-order valence-corrected chi connectivity index (χ0v) is 16.8. The zero-order valence-electron chi connectivity index (χ0n) is 14.4. The first-order valence-electron chi connectivity index (χ1n) is 7.67. The van der Waals surface area contributed by atoms with Crippen LogP contribution in [0.2, 0.25) is 5.02 Å². The summed E-state index contributed by atoms with van der Waals surface area (Å²) >= 11 is 7.77. The van der Waals surface area contributed by atoms with Crippen LogP contribution in [0.4, 0.5) is 0 Å². The minimum absolute atomic E-state index is 0.152. The molecule has 0 bridgehead atoms. The van der Waals surface area contributed by atoms with Gasteiger partial charge < -0.3 is 14.6 Å². The van der Waals surface area contributed by atoms with E-state index in [0.717, 1.165) is 0 Å². The number of hydrogen-bond acceptors (Lipinski definition) is 9. The van der Waals surface area contributed by atoms with Crippen LogP contribution in [0.3, 0.4) is 0 Å². The van der Waals surface area contributed by atoms with Gasteiger partial charge in [-0.15, -0.1) is 21.5 Å². The lowest BCUT2D eigenvalue weighted by Crippen LogP contribution is -2.50. The maximum atomic E-state index is 12.8. The average Bonchev–Trinajstić information content (AvgIpc) is 3.31. The van der Waals surface area contributed by atoms with Crippen LogP contribution in [0.5, 0.6) is 0 Å². The number of hydrogen-bond donors (Lipinski definition) is 1. The largest absolute Gasteiger partial charge is 0.441 e. The molecule has 0 aliphatic carbocycles. The Kier molecular flexibility index (Phi) is 4.05. The highest BCUT2D eigenvalue weighted by atomic mass is 35.5. The van der Waals surface area contributed by atoms with Crippen LogP contribution in [-0.4, -0.2) is 48.3 Å². The van der Waals surface area contributed by atoms with Crippen LogP contribution in [-0.2, 0) is 15.2 Å². The van der Waals surface area contributed by atoms with Crippen molar-refractivity contribution in [1.29, 1.82) is 0 Å². The average molecular weight is 427 g/mol. The van der Waals surface area contributed by atoms with E-state index in [9.17, 15) is 4.21 Å². The molecule has 0 spiro atoms. The van der Waals surface area contributed by atoms with E-state index in [4.69, 9.17) is 26.2 Å². The fourth-order valence-corrected chi connectivity index (χ4v) is 6.07. The van der Waals surface area contributed by atoms with Gasteiger partial charge in [-0.1, -0.05) is 11.6 Å². The number of halogens is 1. The Morgan fingerprint density at radius 3 is 2.81 bits per heavy atom. The molecular formula is C15H15ClN6O3S2. The molecule has 4 heterocycles. The third kappa shape index (κ3) is 3.01. The molecule has 1 unspecified atom stereocenters. The molecule has 4 rings (SSSR count). The predicted molar refractivity (Wildman–Crippen MR) is 105 cm³/mol. The quantitative estimate of drug-likeness (QED) is 0.636. The Morgan fingerprint density at radius 1 is 1.41 bits per heavy atom. The Hall–Kier alpha value is -2.37. The summed E-state index contributed by atoms with van der Waals surface area (Å²) in [7, 11) is -1.00. The molecular weight excluding hydrogens is 412 g/mol. The SMILES string of the molecule is C=S1(=O)C[C@@](C)(c2sc(-c3nnc(-c4ncco4)o3)cc2Cl)N=C(N)N1C. The molecule has 0 radical (unpaired) electrons. The predicted octanol–water partition coefficient (Wildman–Crippen LogP) is 2.21. The number of guanidine groups is 1. The van der Waals surface area contributed by atoms with Crippen LogP contribution in [0.1, 0.15) is 11.8 Å². The molecule has 9 nitrogen and oxygen atoms in total. The molecule has 1 aliphatic rings. The second-order valence-electron chi connectivity index (χ2n) is 6.20. The normalized spacial score (nSPS) is 25.6. The summed E-state index contributed by atoms with van der Waals surface area (Å²) in [4.78, 5) is 9.82. The van der Waals surface area contributed by atoms with Crippen molar-refractivity contribution in [2.24, 2.45) is 10.7 Å². The van der Waals surface area contributed by atoms with Crippen molar-refractivity contribution >= 4 is 44.5 Å². The summed E-state index contributed by atoms with van der Waals surface area (Å²) in [5.74, 6) is 4.80. The molecule has 2 atom stereocenters. The lowest BCUT2D eigenvalue weighted by atomic mass is 10.0. The minimum Gasteiger partial charge on any atom is -0.441 e. The Morgan fingerprint density at radius 2 is 2.15 bits per heavy atom. The minimum atomic E-state index is -2.61. The van der Waals surface area contributed by atoms with E-state index in [-0.39, 0.29) is 29.4 Å². The molecule has 0 fully saturated rings. The van der Waals surface area contributed by atoms with E-state index in [1.165, 1.54) is 28.1 Å². The highest BCUT2D eigenvalue weighted by Gasteiger charge is 2.40. The van der Waals surface area contributed by atoms with Crippen LogP contribution < -0.4 is 5.73 Å². The van der Waals surface area contributed by atoms with Crippen molar-refractivity contribution in [3.05, 3.63) is 28.4 Å². The van der Waals surface area contributed by atoms with Crippen LogP contribution in [0, 0.1) is 0 Å². The molecule has 1 aliphatic heterocycles. The first kappa shape index (κ1) is 18.0. The standard InChI is InChI=1S/C15H15ClN6O3S2/c1-15(7-27(3,23)22(2)14(17)19-15)10-8(16)6-9(26-10)11-20-21-13(25-11)12-18-4-5-24-12/h4-6H,3,7H2,1-2H3,(H2,17,19)/t15-,27?/m0/s1. The van der Waals surface area contributed by atoms with Crippen molar-refractivity contribution in [3.8, 4) is 22.5 Å². The van der Waals surface area contributed by atoms with E-state index in [1.807, 2.05) is 6.92 Å². The molecule has 0 saturated heterocycles. The highest BCUT2D eigenvalue weighted by Crippen LogP contribution is 2.44. The molecule has 3 aromatic rings. The summed E-state index contributed by atoms with van der Waals surface area (Å²) in [6.45, 7) is 1.82. The maximum absolute atomic E-state index is 12.8. The van der Waals surface area contributed by atoms with Crippen molar-refractivity contribution in [3.63, 3.8) is 0 Å². The van der Waals surface area contributed by atoms with Crippen LogP contribution >= 0.6 is 22.9 Å². The molecule has 0 aromatic carbocycles. The second-order valence-corrected chi connectivity index (χ2v) is 10.0. The third-order valence-corrected chi connectivity index (χ3v) is 8.10. The van der Waals surface area contributed by atoms with E-state index < -0.39 is 15.2 Å². The summed E-state index contributed by atoms with van der Waals surface area (Å²) in [6.07, 6.45) is 2.90. The first-order valence-corrected chi connectivity index (χ1v) is 10.7. The van der Waals surface area contributed by atoms with E-state index in [2.05, 4.69) is 26.0 Å². The topological polar surface area (TPSA) is 124 Å². The number of thiophene rings is 1. The van der Waals surface area contributed by atoms with Gasteiger partial charge in [0.05, 0.1) is 36.4 Å². The van der Waals surface area contributed by atoms with Crippen LogP contribution in [0.25, 0.3) is 22.5 Å². The number of aliphatic imine (C=N–C) groups is 1. The lowest BCUT2D eigenvalue weighted by Gasteiger charge is -2.36. The number of nitrogens with zero attached hydrogens (tertiary/aromatic N) is 5. The smallest absolute Gasteiger partial charge is 0.304 e. The van der Waals surface area contributed by atoms with Crippen molar-refractivity contribution in [1.82, 2.24) is 19.5 Å². The summed E-state index contributed by atoms with van der Waals surface area (Å²) < 4.78 is 25.0. The third-order valence-electron chi connectivity index (χ3n) is 4.12. The highest BCUT2D eigenvalue weighted by molar-refractivity contribution is 7.98. The molecule has 2 N–H and O–H groups in total. The number of nitrogens with two attached hydrogens (primary N) is 1. The molecule has 3 aromatic heterocycles. The van der Waals surface area contributed by atoms with Gasteiger partial charge in [0.1, 0.15) is 11.8 Å². The van der Waals surface area contributed by atoms with Crippen molar-refractivity contribution in [2.45, 2.75) is 12.5 Å². The van der Waals surface area contributed by atoms with E-state index in [1.54, 1.807) is 13.1 Å². The van der Waals surface area contributed by atoms with E-state index in [0.29, 0.717) is 14.8 Å². The van der Waals surface area contributed by atoms with Gasteiger partial charge in [0.2, 0.25) is 5.96 Å². The molecule has 0 saturated carbocycles. The van der Waals surface area contributed by atoms with Gasteiger partial charge in [0.25, 0.3) is 11.8 Å². The van der Waals surface area contributed by atoms with Gasteiger partial charge in [0, 0.05) is 7.05 Å². The Bertz CT molecular complexity index is 1130. The zero-order chi connectivity index (χ0) is 19.4. The van der Waals surface area contributed by atoms with Crippen LogP contribution in [0.15, 0.2) is 32.4 Å². The Labute approximate surface area is 164 Å². The van der Waals surface area contributed by atoms with Gasteiger partial charge in [-0.05, 0) is 18.9 Å².